The third-order valence-corrected chi connectivity index (χ3v) is 9.29. The maximum absolute atomic E-state index is 13.8. The topological polar surface area (TPSA) is 104 Å². The van der Waals surface area contributed by atoms with Crippen molar-refractivity contribution in [1.82, 2.24) is 14.5 Å². The fraction of sp³-hybridized carbons (Fsp3) is 0.323. The Morgan fingerprint density at radius 2 is 1.61 bits per heavy atom. The van der Waals surface area contributed by atoms with E-state index in [1.54, 1.807) is 29.2 Å². The molecule has 2 atom stereocenters. The molecular weight excluding hydrogens is 562 g/mol. The van der Waals surface area contributed by atoms with Crippen LogP contribution in [0, 0.1) is 0 Å². The summed E-state index contributed by atoms with van der Waals surface area (Å²) in [5, 5.41) is 3.58. The number of hydrogen-bond donors (Lipinski definition) is 1. The third-order valence-electron chi connectivity index (χ3n) is 7.20. The maximum Gasteiger partial charge on any atom is 0.269 e. The summed E-state index contributed by atoms with van der Waals surface area (Å²) in [7, 11) is -3.97. The van der Waals surface area contributed by atoms with Crippen LogP contribution in [-0.2, 0) is 32.6 Å². The molecule has 0 radical (unpaired) electrons. The normalized spacial score (nSPS) is 15.2. The summed E-state index contributed by atoms with van der Waals surface area (Å²) in [6, 6.07) is 21.7. The number of hydrogen-bond acceptors (Lipinski definition) is 5. The van der Waals surface area contributed by atoms with E-state index in [4.69, 9.17) is 11.6 Å². The van der Waals surface area contributed by atoms with Gasteiger partial charge in [0.2, 0.25) is 11.8 Å². The van der Waals surface area contributed by atoms with Crippen molar-refractivity contribution >= 4 is 39.3 Å². The van der Waals surface area contributed by atoms with Crippen LogP contribution in [0.15, 0.2) is 83.8 Å². The number of nitrogens with zero attached hydrogens (tertiary/aromatic N) is 2. The summed E-state index contributed by atoms with van der Waals surface area (Å²) in [5.41, 5.74) is 1.83. The van der Waals surface area contributed by atoms with Gasteiger partial charge in [0.1, 0.15) is 10.9 Å². The van der Waals surface area contributed by atoms with Gasteiger partial charge in [-0.3, -0.25) is 14.4 Å². The van der Waals surface area contributed by atoms with Gasteiger partial charge in [-0.1, -0.05) is 73.1 Å². The van der Waals surface area contributed by atoms with Gasteiger partial charge >= 0.3 is 0 Å². The predicted octanol–water partition coefficient (Wildman–Crippen LogP) is 4.82. The van der Waals surface area contributed by atoms with Crippen molar-refractivity contribution in [3.63, 3.8) is 0 Å². The molecule has 41 heavy (non-hydrogen) atoms. The number of fused-ring (bicyclic) bond motifs is 1. The summed E-state index contributed by atoms with van der Waals surface area (Å²) in [6.45, 7) is 3.90. The molecule has 0 aliphatic carbocycles. The van der Waals surface area contributed by atoms with Gasteiger partial charge in [-0.05, 0) is 55.2 Å². The highest BCUT2D eigenvalue weighted by atomic mass is 35.5. The average molecular weight is 596 g/mol. The fourth-order valence-corrected chi connectivity index (χ4v) is 6.48. The summed E-state index contributed by atoms with van der Waals surface area (Å²) >= 11 is 6.08. The van der Waals surface area contributed by atoms with Crippen molar-refractivity contribution in [3.8, 4) is 0 Å². The minimum absolute atomic E-state index is 0.0228. The highest BCUT2D eigenvalue weighted by Gasteiger charge is 2.40. The van der Waals surface area contributed by atoms with E-state index < -0.39 is 22.0 Å². The highest BCUT2D eigenvalue weighted by Crippen LogP contribution is 2.30. The van der Waals surface area contributed by atoms with Crippen LogP contribution >= 0.6 is 11.6 Å². The molecule has 1 heterocycles. The Kier molecular flexibility index (Phi) is 9.83. The first-order valence-corrected chi connectivity index (χ1v) is 15.5. The van der Waals surface area contributed by atoms with E-state index in [-0.39, 0.29) is 54.2 Å². The second-order valence-corrected chi connectivity index (χ2v) is 12.4. The minimum atomic E-state index is -3.97. The van der Waals surface area contributed by atoms with Crippen LogP contribution in [0.3, 0.4) is 0 Å². The first kappa shape index (κ1) is 30.3. The van der Waals surface area contributed by atoms with Gasteiger partial charge in [-0.25, -0.2) is 12.7 Å². The Morgan fingerprint density at radius 3 is 2.27 bits per heavy atom. The molecule has 4 rings (SSSR count). The van der Waals surface area contributed by atoms with Crippen LogP contribution in [0.2, 0.25) is 5.02 Å². The number of nitrogens with one attached hydrogen (secondary N) is 1. The Labute approximate surface area is 246 Å². The lowest BCUT2D eigenvalue weighted by molar-refractivity contribution is -0.141. The number of sulfonamides is 1. The Hall–Kier alpha value is -3.69. The van der Waals surface area contributed by atoms with E-state index in [1.807, 2.05) is 56.3 Å². The SMILES string of the molecule is CC[C@@H](C)NC(=O)[C@H](Cc1ccccc1)N(Cc1ccc(Cl)cc1)C(=O)CCCN1C(=O)c2ccccc2S1(=O)=O. The molecule has 0 saturated carbocycles. The van der Waals surface area contributed by atoms with Gasteiger partial charge in [0.15, 0.2) is 0 Å². The Morgan fingerprint density at radius 1 is 0.951 bits per heavy atom. The number of amides is 3. The molecule has 1 N–H and O–H groups in total. The number of halogens is 1. The van der Waals surface area contributed by atoms with Gasteiger partial charge in [-0.15, -0.1) is 0 Å². The number of carbonyl (C=O) groups excluding carboxylic acids is 3. The lowest BCUT2D eigenvalue weighted by atomic mass is 10.0. The predicted molar refractivity (Wildman–Crippen MR) is 158 cm³/mol. The summed E-state index contributed by atoms with van der Waals surface area (Å²) in [5.74, 6) is -1.18. The van der Waals surface area contributed by atoms with Crippen molar-refractivity contribution in [2.45, 2.75) is 63.1 Å². The zero-order valence-electron chi connectivity index (χ0n) is 23.1. The molecule has 3 amide bonds. The molecule has 10 heteroatoms. The minimum Gasteiger partial charge on any atom is -0.352 e. The molecule has 3 aromatic carbocycles. The van der Waals surface area contributed by atoms with Gasteiger partial charge in [0.25, 0.3) is 15.9 Å². The second-order valence-electron chi connectivity index (χ2n) is 10.2. The third kappa shape index (κ3) is 7.15. The Bertz CT molecular complexity index is 1500. The fourth-order valence-electron chi connectivity index (χ4n) is 4.75. The molecule has 8 nitrogen and oxygen atoms in total. The van der Waals surface area contributed by atoms with Gasteiger partial charge in [0.05, 0.1) is 5.56 Å². The summed E-state index contributed by atoms with van der Waals surface area (Å²) < 4.78 is 26.7. The molecule has 0 unspecified atom stereocenters. The van der Waals surface area contributed by atoms with E-state index in [0.717, 1.165) is 21.9 Å². The summed E-state index contributed by atoms with van der Waals surface area (Å²) in [6.07, 6.45) is 1.09. The quantitative estimate of drug-likeness (QED) is 0.323. The van der Waals surface area contributed by atoms with Crippen molar-refractivity contribution in [3.05, 3.63) is 101 Å². The first-order valence-electron chi connectivity index (χ1n) is 13.7. The molecule has 3 aromatic rings. The monoisotopic (exact) mass is 595 g/mol. The molecular formula is C31H34ClN3O5S. The summed E-state index contributed by atoms with van der Waals surface area (Å²) in [4.78, 5) is 41.7. The zero-order chi connectivity index (χ0) is 29.6. The molecule has 0 saturated heterocycles. The number of carbonyl (C=O) groups is 3. The molecule has 1 aliphatic rings. The largest absolute Gasteiger partial charge is 0.352 e. The lowest BCUT2D eigenvalue weighted by Crippen LogP contribution is -2.52. The highest BCUT2D eigenvalue weighted by molar-refractivity contribution is 7.90. The van der Waals surface area contributed by atoms with Crippen LogP contribution in [0.5, 0.6) is 0 Å². The van der Waals surface area contributed by atoms with Crippen LogP contribution in [0.1, 0.15) is 54.6 Å². The molecule has 0 spiro atoms. The van der Waals surface area contributed by atoms with Crippen molar-refractivity contribution in [2.24, 2.45) is 0 Å². The van der Waals surface area contributed by atoms with Crippen molar-refractivity contribution < 1.29 is 22.8 Å². The van der Waals surface area contributed by atoms with Crippen LogP contribution in [0.4, 0.5) is 0 Å². The van der Waals surface area contributed by atoms with Crippen molar-refractivity contribution in [1.29, 1.82) is 0 Å². The van der Waals surface area contributed by atoms with Gasteiger partial charge in [0, 0.05) is 37.0 Å². The van der Waals surface area contributed by atoms with E-state index in [9.17, 15) is 22.8 Å². The van der Waals surface area contributed by atoms with Crippen molar-refractivity contribution in [2.75, 3.05) is 6.54 Å². The van der Waals surface area contributed by atoms with E-state index in [0.29, 0.717) is 11.4 Å². The Balaban J connectivity index is 1.57. The van der Waals surface area contributed by atoms with E-state index in [2.05, 4.69) is 5.32 Å². The average Bonchev–Trinajstić information content (AvgIpc) is 3.16. The number of benzene rings is 3. The zero-order valence-corrected chi connectivity index (χ0v) is 24.7. The van der Waals surface area contributed by atoms with Crippen LogP contribution < -0.4 is 5.32 Å². The molecule has 216 valence electrons. The van der Waals surface area contributed by atoms with Crippen LogP contribution in [-0.4, -0.2) is 54.0 Å². The molecule has 1 aliphatic heterocycles. The molecule has 0 fully saturated rings. The smallest absolute Gasteiger partial charge is 0.269 e. The van der Waals surface area contributed by atoms with Gasteiger partial charge < -0.3 is 10.2 Å². The van der Waals surface area contributed by atoms with Gasteiger partial charge in [-0.2, -0.15) is 0 Å². The number of rotatable bonds is 12. The molecule has 0 bridgehead atoms. The van der Waals surface area contributed by atoms with E-state index >= 15 is 0 Å². The first-order chi connectivity index (χ1) is 19.6. The van der Waals surface area contributed by atoms with Crippen LogP contribution in [0.25, 0.3) is 0 Å². The maximum atomic E-state index is 13.8. The standard InChI is InChI=1S/C31H34ClN3O5S/c1-3-22(2)33-30(37)27(20-23-10-5-4-6-11-23)34(21-24-15-17-25(32)18-16-24)29(36)14-9-19-35-31(38)26-12-7-8-13-28(26)41(35,39)40/h4-8,10-13,15-18,22,27H,3,9,14,19-21H2,1-2H3,(H,33,37)/t22-,27+/m1/s1. The lowest BCUT2D eigenvalue weighted by Gasteiger charge is -2.32. The van der Waals surface area contributed by atoms with E-state index in [1.165, 1.54) is 12.1 Å². The molecule has 0 aromatic heterocycles. The second kappa shape index (κ2) is 13.3.